The lowest BCUT2D eigenvalue weighted by Gasteiger charge is -2.45. The molecule has 2 saturated heterocycles. The number of piperidine rings is 1. The zero-order chi connectivity index (χ0) is 27.8. The first-order valence-corrected chi connectivity index (χ1v) is 14.0. The number of aliphatic hydroxyl groups excluding tert-OH is 1. The van der Waals surface area contributed by atoms with Crippen molar-refractivity contribution in [3.8, 4) is 11.5 Å². The van der Waals surface area contributed by atoms with E-state index in [1.807, 2.05) is 49.4 Å². The second-order valence-electron chi connectivity index (χ2n) is 10.7. The number of nitrogens with zero attached hydrogens (tertiary/aromatic N) is 3. The van der Waals surface area contributed by atoms with Crippen molar-refractivity contribution in [3.63, 3.8) is 0 Å². The third-order valence-electron chi connectivity index (χ3n) is 8.12. The molecule has 3 atom stereocenters. The van der Waals surface area contributed by atoms with Gasteiger partial charge in [-0.25, -0.2) is 0 Å². The lowest BCUT2D eigenvalue weighted by Crippen LogP contribution is -2.46. The van der Waals surface area contributed by atoms with E-state index in [2.05, 4.69) is 11.0 Å². The van der Waals surface area contributed by atoms with E-state index in [-0.39, 0.29) is 29.3 Å². The molecule has 0 amide bonds. The maximum atomic E-state index is 12.0. The van der Waals surface area contributed by atoms with Gasteiger partial charge >= 0.3 is 5.82 Å². The number of aryl methyl sites for hydroxylation is 1. The number of likely N-dealkylation sites (tertiary alicyclic amines) is 2. The molecule has 0 aliphatic carbocycles. The van der Waals surface area contributed by atoms with Crippen LogP contribution in [0.5, 0.6) is 11.5 Å². The Kier molecular flexibility index (Phi) is 9.83. The van der Waals surface area contributed by atoms with E-state index < -0.39 is 5.60 Å². The van der Waals surface area contributed by atoms with E-state index in [9.17, 15) is 15.2 Å². The molecule has 9 nitrogen and oxygen atoms in total. The molecular weight excluding hydrogens is 496 g/mol. The fraction of sp³-hybridized carbons (Fsp3) is 0.533. The highest BCUT2D eigenvalue weighted by Crippen LogP contribution is 2.47. The molecule has 212 valence electrons. The van der Waals surface area contributed by atoms with Crippen molar-refractivity contribution in [1.82, 2.24) is 9.80 Å². The molecule has 0 radical (unpaired) electrons. The van der Waals surface area contributed by atoms with E-state index in [1.165, 1.54) is 0 Å². The van der Waals surface area contributed by atoms with Crippen LogP contribution >= 0.6 is 0 Å². The van der Waals surface area contributed by atoms with Crippen molar-refractivity contribution in [2.24, 2.45) is 11.7 Å². The lowest BCUT2D eigenvalue weighted by molar-refractivity contribution is -0.446. The van der Waals surface area contributed by atoms with Gasteiger partial charge < -0.3 is 35.3 Å². The molecule has 2 aliphatic rings. The molecule has 2 aromatic rings. The Morgan fingerprint density at radius 2 is 1.87 bits per heavy atom. The molecule has 39 heavy (non-hydrogen) atoms. The van der Waals surface area contributed by atoms with Crippen LogP contribution in [0, 0.1) is 23.0 Å². The summed E-state index contributed by atoms with van der Waals surface area (Å²) in [6.07, 6.45) is 6.40. The molecular formula is C30H42N4O5. The van der Waals surface area contributed by atoms with Gasteiger partial charge in [-0.1, -0.05) is 36.4 Å². The van der Waals surface area contributed by atoms with Gasteiger partial charge in [-0.15, -0.1) is 0 Å². The lowest BCUT2D eigenvalue weighted by atomic mass is 9.73. The van der Waals surface area contributed by atoms with E-state index in [1.54, 1.807) is 18.2 Å². The zero-order valence-corrected chi connectivity index (χ0v) is 23.1. The van der Waals surface area contributed by atoms with Crippen LogP contribution in [0.25, 0.3) is 0 Å². The molecule has 2 heterocycles. The normalized spacial score (nSPS) is 21.6. The Labute approximate surface area is 231 Å². The Bertz CT molecular complexity index is 1140. The number of nitrogens with two attached hydrogens (primary N) is 1. The second-order valence-corrected chi connectivity index (χ2v) is 10.7. The molecule has 0 aromatic heterocycles. The number of hydrogen-bond donors (Lipinski definition) is 2. The van der Waals surface area contributed by atoms with Gasteiger partial charge in [0.25, 0.3) is 0 Å². The molecule has 9 heteroatoms. The number of nitro groups is 1. The molecule has 2 aliphatic heterocycles. The van der Waals surface area contributed by atoms with Gasteiger partial charge in [-0.2, -0.15) is 0 Å². The Hall–Kier alpha value is -3.14. The molecule has 0 saturated carbocycles. The van der Waals surface area contributed by atoms with Crippen LogP contribution in [0.1, 0.15) is 49.7 Å². The molecule has 2 fully saturated rings. The average molecular weight is 539 g/mol. The number of aliphatic hydroxyl groups is 1. The largest absolute Gasteiger partial charge is 0.457 e. The number of unbranched alkanes of at least 4 members (excludes halogenated alkanes) is 1. The molecule has 2 unspecified atom stereocenters. The summed E-state index contributed by atoms with van der Waals surface area (Å²) in [6.45, 7) is 4.59. The SMILES string of the molecule is COC(CCCCO)(c1ccccc1Oc1ccccc1C)C1CCCN(C=C(N2CC[C@H](N)C2)[N+](=O)[O-])C1. The minimum absolute atomic E-state index is 0.0418. The van der Waals surface area contributed by atoms with Crippen LogP contribution in [0.3, 0.4) is 0 Å². The predicted octanol–water partition coefficient (Wildman–Crippen LogP) is 4.61. The summed E-state index contributed by atoms with van der Waals surface area (Å²) in [5, 5.41) is 21.6. The quantitative estimate of drug-likeness (QED) is 0.229. The zero-order valence-electron chi connectivity index (χ0n) is 23.1. The summed E-state index contributed by atoms with van der Waals surface area (Å²) in [5.74, 6) is 1.69. The fourth-order valence-corrected chi connectivity index (χ4v) is 6.04. The topological polar surface area (TPSA) is 114 Å². The molecule has 0 bridgehead atoms. The summed E-state index contributed by atoms with van der Waals surface area (Å²) < 4.78 is 12.9. The summed E-state index contributed by atoms with van der Waals surface area (Å²) >= 11 is 0. The molecule has 2 aromatic carbocycles. The van der Waals surface area contributed by atoms with Crippen molar-refractivity contribution in [1.29, 1.82) is 0 Å². The van der Waals surface area contributed by atoms with Crippen molar-refractivity contribution >= 4 is 0 Å². The molecule has 0 spiro atoms. The highest BCUT2D eigenvalue weighted by atomic mass is 16.6. The minimum atomic E-state index is -0.689. The predicted molar refractivity (Wildman–Crippen MR) is 151 cm³/mol. The minimum Gasteiger partial charge on any atom is -0.457 e. The Morgan fingerprint density at radius 1 is 1.13 bits per heavy atom. The smallest absolute Gasteiger partial charge is 0.334 e. The number of methoxy groups -OCH3 is 1. The molecule has 3 N–H and O–H groups in total. The van der Waals surface area contributed by atoms with Crippen molar-refractivity contribution in [2.45, 2.75) is 57.1 Å². The van der Waals surface area contributed by atoms with Gasteiger partial charge in [0.05, 0.1) is 12.7 Å². The Balaban J connectivity index is 1.68. The van der Waals surface area contributed by atoms with Gasteiger partial charge in [-0.05, 0) is 61.6 Å². The van der Waals surface area contributed by atoms with Crippen molar-refractivity contribution in [2.75, 3.05) is 39.9 Å². The Morgan fingerprint density at radius 3 is 2.54 bits per heavy atom. The van der Waals surface area contributed by atoms with E-state index in [0.717, 1.165) is 54.9 Å². The maximum absolute atomic E-state index is 12.0. The maximum Gasteiger partial charge on any atom is 0.334 e. The van der Waals surface area contributed by atoms with Crippen LogP contribution in [0.4, 0.5) is 0 Å². The average Bonchev–Trinajstić information content (AvgIpc) is 3.37. The second kappa shape index (κ2) is 13.3. The van der Waals surface area contributed by atoms with Crippen LogP contribution in [-0.4, -0.2) is 65.8 Å². The van der Waals surface area contributed by atoms with Crippen LogP contribution in [0.15, 0.2) is 60.6 Å². The highest BCUT2D eigenvalue weighted by Gasteiger charge is 2.44. The summed E-state index contributed by atoms with van der Waals surface area (Å²) in [6, 6.07) is 15.9. The van der Waals surface area contributed by atoms with E-state index in [4.69, 9.17) is 15.2 Å². The summed E-state index contributed by atoms with van der Waals surface area (Å²) in [7, 11) is 1.74. The van der Waals surface area contributed by atoms with Crippen LogP contribution < -0.4 is 10.5 Å². The molecule has 4 rings (SSSR count). The first-order chi connectivity index (χ1) is 18.9. The number of ether oxygens (including phenoxy) is 2. The number of para-hydroxylation sites is 2. The highest BCUT2D eigenvalue weighted by molar-refractivity contribution is 5.44. The van der Waals surface area contributed by atoms with E-state index in [0.29, 0.717) is 32.5 Å². The van der Waals surface area contributed by atoms with Gasteiger partial charge in [-0.3, -0.25) is 4.90 Å². The first kappa shape index (κ1) is 28.9. The number of rotatable bonds is 12. The van der Waals surface area contributed by atoms with Crippen molar-refractivity contribution in [3.05, 3.63) is 81.8 Å². The standard InChI is InChI=1S/C30H42N4O5/c1-23-10-3-5-13-27(23)39-28-14-6-4-12-26(28)30(38-2,16-7-8-19-35)24-11-9-17-32(20-24)22-29(34(36)37)33-18-15-25(31)21-33/h3-6,10,12-14,22,24-25,35H,7-9,11,15-21,31H2,1-2H3/t24?,25-,30?/m0/s1. The van der Waals surface area contributed by atoms with Gasteiger partial charge in [0, 0.05) is 50.8 Å². The van der Waals surface area contributed by atoms with Crippen LogP contribution in [-0.2, 0) is 10.3 Å². The fourth-order valence-electron chi connectivity index (χ4n) is 6.04. The number of hydrogen-bond acceptors (Lipinski definition) is 8. The summed E-state index contributed by atoms with van der Waals surface area (Å²) in [5.41, 5.74) is 7.36. The van der Waals surface area contributed by atoms with Gasteiger partial charge in [0.15, 0.2) is 0 Å². The third kappa shape index (κ3) is 6.72. The van der Waals surface area contributed by atoms with Gasteiger partial charge in [0.2, 0.25) is 0 Å². The van der Waals surface area contributed by atoms with Crippen molar-refractivity contribution < 1.29 is 19.5 Å². The monoisotopic (exact) mass is 538 g/mol. The number of benzene rings is 2. The van der Waals surface area contributed by atoms with Crippen LogP contribution in [0.2, 0.25) is 0 Å². The first-order valence-electron chi connectivity index (χ1n) is 14.0. The third-order valence-corrected chi connectivity index (χ3v) is 8.12. The van der Waals surface area contributed by atoms with E-state index >= 15 is 0 Å². The van der Waals surface area contributed by atoms with Gasteiger partial charge in [0.1, 0.15) is 23.6 Å². The summed E-state index contributed by atoms with van der Waals surface area (Å²) in [4.78, 5) is 15.6.